The number of anilines is 2. The molecule has 0 spiro atoms. The summed E-state index contributed by atoms with van der Waals surface area (Å²) in [6, 6.07) is 9.12. The first-order valence-corrected chi connectivity index (χ1v) is 6.79. The van der Waals surface area contributed by atoms with Crippen LogP contribution in [0.25, 0.3) is 0 Å². The maximum atomic E-state index is 11.9. The molecule has 2 rings (SSSR count). The molecule has 2 aromatic rings. The molecule has 22 heavy (non-hydrogen) atoms. The van der Waals surface area contributed by atoms with E-state index in [4.69, 9.17) is 5.26 Å². The molecule has 0 radical (unpaired) electrons. The van der Waals surface area contributed by atoms with Crippen molar-refractivity contribution in [2.75, 3.05) is 10.6 Å². The van der Waals surface area contributed by atoms with Crippen LogP contribution in [0.3, 0.4) is 0 Å². The first-order valence-electron chi connectivity index (χ1n) is 6.79. The first kappa shape index (κ1) is 15.4. The molecule has 0 aliphatic carbocycles. The molecule has 2 N–H and O–H groups in total. The highest BCUT2D eigenvalue weighted by Crippen LogP contribution is 2.23. The largest absolute Gasteiger partial charge is 0.324 e. The van der Waals surface area contributed by atoms with E-state index in [0.29, 0.717) is 5.69 Å². The monoisotopic (exact) mass is 295 g/mol. The molecular formula is C16H17N5O. The first-order chi connectivity index (χ1) is 10.4. The van der Waals surface area contributed by atoms with Gasteiger partial charge in [0.15, 0.2) is 11.5 Å². The van der Waals surface area contributed by atoms with E-state index in [1.165, 1.54) is 18.0 Å². The van der Waals surface area contributed by atoms with E-state index < -0.39 is 6.03 Å². The number of urea groups is 1. The van der Waals surface area contributed by atoms with Gasteiger partial charge in [0.25, 0.3) is 0 Å². The van der Waals surface area contributed by atoms with E-state index in [2.05, 4.69) is 41.4 Å². The summed E-state index contributed by atoms with van der Waals surface area (Å²) >= 11 is 0. The molecule has 1 aromatic carbocycles. The number of carbonyl (C=O) groups is 1. The Labute approximate surface area is 129 Å². The van der Waals surface area contributed by atoms with Crippen LogP contribution in [0.15, 0.2) is 36.7 Å². The van der Waals surface area contributed by atoms with Crippen molar-refractivity contribution in [3.8, 4) is 6.07 Å². The molecule has 0 bridgehead atoms. The summed E-state index contributed by atoms with van der Waals surface area (Å²) in [5.41, 5.74) is 2.14. The van der Waals surface area contributed by atoms with Gasteiger partial charge in [-0.05, 0) is 23.1 Å². The molecule has 6 nitrogen and oxygen atoms in total. The molecule has 6 heteroatoms. The Hall–Kier alpha value is -2.94. The van der Waals surface area contributed by atoms with Crippen LogP contribution in [0.1, 0.15) is 32.0 Å². The summed E-state index contributed by atoms with van der Waals surface area (Å²) in [5.74, 6) is 0.280. The minimum absolute atomic E-state index is 0.0683. The highest BCUT2D eigenvalue weighted by atomic mass is 16.2. The van der Waals surface area contributed by atoms with Crippen molar-refractivity contribution in [3.05, 3.63) is 47.9 Å². The topological polar surface area (TPSA) is 90.7 Å². The lowest BCUT2D eigenvalue weighted by molar-refractivity contribution is 0.262. The van der Waals surface area contributed by atoms with Gasteiger partial charge in [0.05, 0.1) is 12.4 Å². The third kappa shape index (κ3) is 4.03. The molecule has 0 unspecified atom stereocenters. The van der Waals surface area contributed by atoms with Crippen molar-refractivity contribution in [1.29, 1.82) is 5.26 Å². The zero-order chi connectivity index (χ0) is 16.2. The highest BCUT2D eigenvalue weighted by Gasteiger charge is 2.13. The zero-order valence-electron chi connectivity index (χ0n) is 12.7. The minimum Gasteiger partial charge on any atom is -0.308 e. The Morgan fingerprint density at radius 1 is 1.09 bits per heavy atom. The number of aromatic nitrogens is 2. The van der Waals surface area contributed by atoms with Crippen molar-refractivity contribution in [1.82, 2.24) is 9.97 Å². The van der Waals surface area contributed by atoms with Gasteiger partial charge in [-0.2, -0.15) is 5.26 Å². The Balaban J connectivity index is 1.98. The van der Waals surface area contributed by atoms with Crippen LogP contribution in [0.5, 0.6) is 0 Å². The lowest BCUT2D eigenvalue weighted by Crippen LogP contribution is -2.20. The van der Waals surface area contributed by atoms with Gasteiger partial charge in [-0.3, -0.25) is 5.32 Å². The quantitative estimate of drug-likeness (QED) is 0.889. The smallest absolute Gasteiger partial charge is 0.308 e. The summed E-state index contributed by atoms with van der Waals surface area (Å²) in [5, 5.41) is 13.9. The van der Waals surface area contributed by atoms with Gasteiger partial charge in [0, 0.05) is 5.69 Å². The molecule has 1 aromatic heterocycles. The van der Waals surface area contributed by atoms with Gasteiger partial charge in [-0.25, -0.2) is 14.8 Å². The second-order valence-corrected chi connectivity index (χ2v) is 5.81. The molecule has 0 saturated carbocycles. The zero-order valence-corrected chi connectivity index (χ0v) is 12.7. The number of amides is 2. The van der Waals surface area contributed by atoms with Crippen molar-refractivity contribution >= 4 is 17.5 Å². The fourth-order valence-corrected chi connectivity index (χ4v) is 1.78. The predicted molar refractivity (Wildman–Crippen MR) is 84.5 cm³/mol. The molecule has 0 atom stereocenters. The van der Waals surface area contributed by atoms with Crippen LogP contribution in [-0.2, 0) is 5.41 Å². The van der Waals surface area contributed by atoms with E-state index >= 15 is 0 Å². The predicted octanol–water partition coefficient (Wildman–Crippen LogP) is 3.29. The maximum Gasteiger partial charge on any atom is 0.324 e. The molecule has 112 valence electrons. The van der Waals surface area contributed by atoms with E-state index in [9.17, 15) is 4.79 Å². The molecule has 0 aliphatic heterocycles. The van der Waals surface area contributed by atoms with Crippen LogP contribution >= 0.6 is 0 Å². The van der Waals surface area contributed by atoms with Gasteiger partial charge in [-0.1, -0.05) is 32.9 Å². The minimum atomic E-state index is -0.414. The summed E-state index contributed by atoms with van der Waals surface area (Å²) in [7, 11) is 0. The molecule has 1 heterocycles. The lowest BCUT2D eigenvalue weighted by atomic mass is 9.87. The molecule has 0 aliphatic rings. The summed E-state index contributed by atoms with van der Waals surface area (Å²) in [4.78, 5) is 19.6. The second-order valence-electron chi connectivity index (χ2n) is 5.81. The molecule has 0 saturated heterocycles. The van der Waals surface area contributed by atoms with Crippen molar-refractivity contribution in [2.45, 2.75) is 26.2 Å². The number of nitriles is 1. The Morgan fingerprint density at radius 3 is 2.27 bits per heavy atom. The SMILES string of the molecule is CC(C)(C)c1ccc(NC(=O)Nc2cnc(C#N)cn2)cc1. The fraction of sp³-hybridized carbons (Fsp3) is 0.250. The second kappa shape index (κ2) is 6.22. The Morgan fingerprint density at radius 2 is 1.77 bits per heavy atom. The van der Waals surface area contributed by atoms with Crippen molar-refractivity contribution < 1.29 is 4.79 Å². The Kier molecular flexibility index (Phi) is 4.37. The van der Waals surface area contributed by atoms with Gasteiger partial charge in [0.1, 0.15) is 6.07 Å². The van der Waals surface area contributed by atoms with Crippen LogP contribution in [-0.4, -0.2) is 16.0 Å². The maximum absolute atomic E-state index is 11.9. The average Bonchev–Trinajstić information content (AvgIpc) is 2.47. The van der Waals surface area contributed by atoms with Crippen LogP contribution in [0, 0.1) is 11.3 Å². The molecular weight excluding hydrogens is 278 g/mol. The standard InChI is InChI=1S/C16H17N5O/c1-16(2,3)11-4-6-12(7-5-11)20-15(22)21-14-10-18-13(8-17)9-19-14/h4-7,9-10H,1-3H3,(H2,19,20,21,22). The van der Waals surface area contributed by atoms with Crippen LogP contribution < -0.4 is 10.6 Å². The molecule has 2 amide bonds. The van der Waals surface area contributed by atoms with E-state index in [1.807, 2.05) is 30.3 Å². The van der Waals surface area contributed by atoms with Crippen LogP contribution in [0.2, 0.25) is 0 Å². The van der Waals surface area contributed by atoms with Crippen molar-refractivity contribution in [2.24, 2.45) is 0 Å². The Bertz CT molecular complexity index is 693. The summed E-state index contributed by atoms with van der Waals surface area (Å²) in [6.07, 6.45) is 2.63. The van der Waals surface area contributed by atoms with Gasteiger partial charge in [0.2, 0.25) is 0 Å². The third-order valence-corrected chi connectivity index (χ3v) is 3.02. The number of benzene rings is 1. The molecule has 0 fully saturated rings. The number of nitrogens with zero attached hydrogens (tertiary/aromatic N) is 3. The third-order valence-electron chi connectivity index (χ3n) is 3.02. The number of carbonyl (C=O) groups excluding carboxylic acids is 1. The fourth-order valence-electron chi connectivity index (χ4n) is 1.78. The average molecular weight is 295 g/mol. The number of hydrogen-bond donors (Lipinski definition) is 2. The van der Waals surface area contributed by atoms with Crippen LogP contribution in [0.4, 0.5) is 16.3 Å². The number of rotatable bonds is 2. The van der Waals surface area contributed by atoms with Gasteiger partial charge >= 0.3 is 6.03 Å². The highest BCUT2D eigenvalue weighted by molar-refractivity contribution is 5.99. The normalized spacial score (nSPS) is 10.6. The van der Waals surface area contributed by atoms with E-state index in [0.717, 1.165) is 0 Å². The summed E-state index contributed by atoms with van der Waals surface area (Å²) < 4.78 is 0. The number of hydrogen-bond acceptors (Lipinski definition) is 4. The van der Waals surface area contributed by atoms with Gasteiger partial charge in [-0.15, -0.1) is 0 Å². The van der Waals surface area contributed by atoms with Crippen molar-refractivity contribution in [3.63, 3.8) is 0 Å². The van der Waals surface area contributed by atoms with E-state index in [-0.39, 0.29) is 16.9 Å². The van der Waals surface area contributed by atoms with Gasteiger partial charge < -0.3 is 5.32 Å². The summed E-state index contributed by atoms with van der Waals surface area (Å²) in [6.45, 7) is 6.39. The number of nitrogens with one attached hydrogen (secondary N) is 2. The lowest BCUT2D eigenvalue weighted by Gasteiger charge is -2.19. The van der Waals surface area contributed by atoms with E-state index in [1.54, 1.807) is 0 Å².